The van der Waals surface area contributed by atoms with Crippen molar-refractivity contribution < 1.29 is 9.53 Å². The Kier molecular flexibility index (Phi) is 6.51. The second-order valence-electron chi connectivity index (χ2n) is 9.95. The molecule has 1 aromatic heterocycles. The molecule has 3 aromatic rings. The lowest BCUT2D eigenvalue weighted by Gasteiger charge is -2.19. The minimum Gasteiger partial charge on any atom is -0.497 e. The Bertz CT molecular complexity index is 1180. The molecule has 0 spiro atoms. The van der Waals surface area contributed by atoms with Crippen LogP contribution >= 0.6 is 0 Å². The van der Waals surface area contributed by atoms with Crippen molar-refractivity contribution in [2.75, 3.05) is 12.4 Å². The van der Waals surface area contributed by atoms with E-state index in [1.807, 2.05) is 28.9 Å². The zero-order chi connectivity index (χ0) is 24.5. The lowest BCUT2D eigenvalue weighted by molar-refractivity contribution is 0.250. The molecular formula is C28H34N4O2. The van der Waals surface area contributed by atoms with Crippen molar-refractivity contribution in [2.24, 2.45) is 0 Å². The van der Waals surface area contributed by atoms with Gasteiger partial charge in [0.2, 0.25) is 0 Å². The van der Waals surface area contributed by atoms with Gasteiger partial charge in [-0.15, -0.1) is 0 Å². The first kappa shape index (κ1) is 23.6. The molecule has 1 aliphatic carbocycles. The van der Waals surface area contributed by atoms with Crippen molar-refractivity contribution in [3.05, 3.63) is 83.2 Å². The molecular weight excluding hydrogens is 424 g/mol. The molecule has 0 aliphatic heterocycles. The fourth-order valence-electron chi connectivity index (χ4n) is 4.58. The predicted molar refractivity (Wildman–Crippen MR) is 137 cm³/mol. The van der Waals surface area contributed by atoms with Crippen LogP contribution in [-0.4, -0.2) is 29.0 Å². The lowest BCUT2D eigenvalue weighted by atomic mass is 9.87. The number of aromatic nitrogens is 2. The van der Waals surface area contributed by atoms with E-state index in [4.69, 9.17) is 9.84 Å². The Balaban J connectivity index is 1.42. The van der Waals surface area contributed by atoms with E-state index < -0.39 is 0 Å². The Morgan fingerprint density at radius 3 is 2.32 bits per heavy atom. The highest BCUT2D eigenvalue weighted by molar-refractivity contribution is 5.89. The highest BCUT2D eigenvalue weighted by atomic mass is 16.5. The maximum Gasteiger partial charge on any atom is 0.319 e. The second kappa shape index (κ2) is 9.37. The van der Waals surface area contributed by atoms with Gasteiger partial charge in [-0.25, -0.2) is 9.48 Å². The third-order valence-corrected chi connectivity index (χ3v) is 6.44. The number of nitrogens with zero attached hydrogens (tertiary/aromatic N) is 2. The number of carbonyl (C=O) groups excluding carboxylic acids is 1. The van der Waals surface area contributed by atoms with Gasteiger partial charge in [0.05, 0.1) is 18.5 Å². The molecule has 0 bridgehead atoms. The Hall–Kier alpha value is -3.54. The van der Waals surface area contributed by atoms with Gasteiger partial charge in [-0.2, -0.15) is 5.10 Å². The highest BCUT2D eigenvalue weighted by Gasteiger charge is 2.27. The summed E-state index contributed by atoms with van der Waals surface area (Å²) in [6.45, 7) is 10.8. The van der Waals surface area contributed by atoms with Crippen molar-refractivity contribution in [3.8, 4) is 11.4 Å². The molecule has 178 valence electrons. The van der Waals surface area contributed by atoms with Gasteiger partial charge < -0.3 is 15.4 Å². The highest BCUT2D eigenvalue weighted by Crippen LogP contribution is 2.34. The summed E-state index contributed by atoms with van der Waals surface area (Å²) in [5, 5.41) is 10.8. The summed E-state index contributed by atoms with van der Waals surface area (Å²) in [7, 11) is 1.62. The number of rotatable bonds is 5. The van der Waals surface area contributed by atoms with E-state index in [9.17, 15) is 4.79 Å². The molecule has 0 saturated carbocycles. The number of nitrogens with one attached hydrogen (secondary N) is 2. The van der Waals surface area contributed by atoms with Crippen LogP contribution < -0.4 is 15.4 Å². The first-order valence-electron chi connectivity index (χ1n) is 11.7. The van der Waals surface area contributed by atoms with E-state index in [1.54, 1.807) is 7.11 Å². The molecule has 2 atom stereocenters. The van der Waals surface area contributed by atoms with Crippen LogP contribution in [-0.2, 0) is 5.41 Å². The van der Waals surface area contributed by atoms with Crippen LogP contribution in [0.3, 0.4) is 0 Å². The molecule has 1 aliphatic rings. The summed E-state index contributed by atoms with van der Waals surface area (Å²) in [6, 6.07) is 15.7. The molecule has 0 radical (unpaired) electrons. The molecule has 2 amide bonds. The van der Waals surface area contributed by atoms with Crippen LogP contribution in [0.1, 0.15) is 55.6 Å². The van der Waals surface area contributed by atoms with Crippen molar-refractivity contribution in [1.82, 2.24) is 15.1 Å². The van der Waals surface area contributed by atoms with E-state index >= 15 is 0 Å². The van der Waals surface area contributed by atoms with E-state index in [-0.39, 0.29) is 23.4 Å². The van der Waals surface area contributed by atoms with Crippen LogP contribution in [0.15, 0.2) is 60.7 Å². The van der Waals surface area contributed by atoms with Crippen molar-refractivity contribution in [3.63, 3.8) is 0 Å². The molecule has 1 heterocycles. The summed E-state index contributed by atoms with van der Waals surface area (Å²) in [5.41, 5.74) is 6.61. The number of aryl methyl sites for hydroxylation is 1. The van der Waals surface area contributed by atoms with Gasteiger partial charge in [-0.3, -0.25) is 0 Å². The number of urea groups is 1. The van der Waals surface area contributed by atoms with Crippen molar-refractivity contribution >= 4 is 11.7 Å². The van der Waals surface area contributed by atoms with Gasteiger partial charge in [0.1, 0.15) is 5.75 Å². The molecule has 2 N–H and O–H groups in total. The van der Waals surface area contributed by atoms with Gasteiger partial charge in [0.25, 0.3) is 0 Å². The number of hydrogen-bond donors (Lipinski definition) is 2. The number of allylic oxidation sites excluding steroid dienone is 1. The average molecular weight is 459 g/mol. The zero-order valence-corrected chi connectivity index (χ0v) is 20.8. The summed E-state index contributed by atoms with van der Waals surface area (Å²) in [4.78, 5) is 12.5. The largest absolute Gasteiger partial charge is 0.497 e. The Labute approximate surface area is 202 Å². The van der Waals surface area contributed by atoms with E-state index in [2.05, 4.69) is 81.7 Å². The fourth-order valence-corrected chi connectivity index (χ4v) is 4.58. The third-order valence-electron chi connectivity index (χ3n) is 6.44. The fraction of sp³-hybridized carbons (Fsp3) is 0.357. The number of benzene rings is 2. The number of amides is 2. The second-order valence-corrected chi connectivity index (χ2v) is 9.95. The number of carbonyl (C=O) groups is 1. The van der Waals surface area contributed by atoms with Gasteiger partial charge >= 0.3 is 6.03 Å². The molecule has 0 unspecified atom stereocenters. The predicted octanol–water partition coefficient (Wildman–Crippen LogP) is 6.03. The first-order chi connectivity index (χ1) is 16.2. The van der Waals surface area contributed by atoms with Crippen molar-refractivity contribution in [1.29, 1.82) is 0 Å². The summed E-state index contributed by atoms with van der Waals surface area (Å²) >= 11 is 0. The van der Waals surface area contributed by atoms with Crippen molar-refractivity contribution in [2.45, 2.75) is 58.4 Å². The third kappa shape index (κ3) is 5.01. The molecule has 34 heavy (non-hydrogen) atoms. The van der Waals surface area contributed by atoms with E-state index in [0.717, 1.165) is 34.9 Å². The topological polar surface area (TPSA) is 68.2 Å². The minimum atomic E-state index is -0.219. The SMILES string of the molecule is COc1ccc(NC(=O)N[C@@H]2C=C[C@@H](c3c(C)nn(-c4ccc(C(C)(C)C)cc4)c3C)C2)cc1. The van der Waals surface area contributed by atoms with E-state index in [0.29, 0.717) is 0 Å². The summed E-state index contributed by atoms with van der Waals surface area (Å²) in [5.74, 6) is 0.970. The molecule has 6 heteroatoms. The quantitative estimate of drug-likeness (QED) is 0.459. The normalized spacial score (nSPS) is 17.6. The minimum absolute atomic E-state index is 0.0310. The standard InChI is InChI=1S/C28H34N4O2/c1-18-26(19(2)32(31-18)24-13-8-21(9-14-24)28(3,4)5)20-7-10-23(17-20)30-27(33)29-22-11-15-25(34-6)16-12-22/h7-16,20,23H,17H2,1-6H3,(H2,29,30,33)/t20-,23-/m1/s1. The van der Waals surface area contributed by atoms with Crippen LogP contribution in [0.25, 0.3) is 5.69 Å². The number of anilines is 1. The maximum atomic E-state index is 12.5. The lowest BCUT2D eigenvalue weighted by Crippen LogP contribution is -2.36. The summed E-state index contributed by atoms with van der Waals surface area (Å²) < 4.78 is 7.19. The average Bonchev–Trinajstić information content (AvgIpc) is 3.36. The van der Waals surface area contributed by atoms with Gasteiger partial charge in [0, 0.05) is 28.9 Å². The smallest absolute Gasteiger partial charge is 0.319 e. The van der Waals surface area contributed by atoms with Gasteiger partial charge in [-0.1, -0.05) is 45.1 Å². The van der Waals surface area contributed by atoms with E-state index in [1.165, 1.54) is 11.1 Å². The number of hydrogen-bond acceptors (Lipinski definition) is 3. The first-order valence-corrected chi connectivity index (χ1v) is 11.7. The Morgan fingerprint density at radius 1 is 1.03 bits per heavy atom. The van der Waals surface area contributed by atoms with Crippen LogP contribution in [0, 0.1) is 13.8 Å². The monoisotopic (exact) mass is 458 g/mol. The molecule has 6 nitrogen and oxygen atoms in total. The molecule has 0 fully saturated rings. The summed E-state index contributed by atoms with van der Waals surface area (Å²) in [6.07, 6.45) is 5.07. The Morgan fingerprint density at radius 2 is 1.71 bits per heavy atom. The van der Waals surface area contributed by atoms with Crippen LogP contribution in [0.2, 0.25) is 0 Å². The maximum absolute atomic E-state index is 12.5. The van der Waals surface area contributed by atoms with Gasteiger partial charge in [0.15, 0.2) is 0 Å². The van der Waals surface area contributed by atoms with Crippen LogP contribution in [0.4, 0.5) is 10.5 Å². The molecule has 0 saturated heterocycles. The number of methoxy groups -OCH3 is 1. The molecule has 4 rings (SSSR count). The zero-order valence-electron chi connectivity index (χ0n) is 20.8. The van der Waals surface area contributed by atoms with Gasteiger partial charge in [-0.05, 0) is 67.6 Å². The van der Waals surface area contributed by atoms with Crippen LogP contribution in [0.5, 0.6) is 5.75 Å². The number of ether oxygens (including phenoxy) is 1. The molecule has 2 aromatic carbocycles.